The molecule has 1 N–H and O–H groups in total. The highest BCUT2D eigenvalue weighted by Crippen LogP contribution is 2.32. The third-order valence-corrected chi connectivity index (χ3v) is 8.32. The first kappa shape index (κ1) is 36.6. The summed E-state index contributed by atoms with van der Waals surface area (Å²) >= 11 is 0. The number of aliphatic hydroxyl groups is 1. The van der Waals surface area contributed by atoms with E-state index in [-0.39, 0.29) is 36.3 Å². The molecule has 1 aromatic carbocycles. The third kappa shape index (κ3) is 9.46. The first-order valence-corrected chi connectivity index (χ1v) is 16.5. The molecule has 2 aromatic rings. The molecule has 2 aliphatic rings. The molecule has 4 rings (SSSR count). The predicted octanol–water partition coefficient (Wildman–Crippen LogP) is 3.95. The summed E-state index contributed by atoms with van der Waals surface area (Å²) in [7, 11) is 1.61. The maximum absolute atomic E-state index is 15.0. The molecule has 0 bridgehead atoms. The van der Waals surface area contributed by atoms with Gasteiger partial charge in [-0.25, -0.2) is 18.3 Å². The third-order valence-electron chi connectivity index (χ3n) is 8.32. The Labute approximate surface area is 275 Å². The Morgan fingerprint density at radius 2 is 1.85 bits per heavy atom. The summed E-state index contributed by atoms with van der Waals surface area (Å²) in [5.74, 6) is -2.62. The number of methoxy groups -OCH3 is 1. The number of hydrogen-bond acceptors (Lipinski definition) is 9. The minimum absolute atomic E-state index is 0.0723. The van der Waals surface area contributed by atoms with Crippen LogP contribution in [0.15, 0.2) is 18.2 Å². The van der Waals surface area contributed by atoms with Crippen molar-refractivity contribution in [2.45, 2.75) is 78.2 Å². The zero-order valence-electron chi connectivity index (χ0n) is 28.5. The van der Waals surface area contributed by atoms with E-state index in [2.05, 4.69) is 10.3 Å². The molecule has 2 fully saturated rings. The quantitative estimate of drug-likeness (QED) is 0.266. The van der Waals surface area contributed by atoms with Crippen molar-refractivity contribution in [2.75, 3.05) is 59.7 Å². The number of benzene rings is 1. The molecule has 3 atom stereocenters. The van der Waals surface area contributed by atoms with Gasteiger partial charge < -0.3 is 29.1 Å². The van der Waals surface area contributed by atoms with Gasteiger partial charge in [0.15, 0.2) is 17.9 Å². The van der Waals surface area contributed by atoms with Crippen LogP contribution in [0.2, 0.25) is 0 Å². The van der Waals surface area contributed by atoms with Crippen molar-refractivity contribution >= 4 is 12.0 Å². The van der Waals surface area contributed by atoms with Crippen molar-refractivity contribution in [2.24, 2.45) is 11.8 Å². The van der Waals surface area contributed by atoms with Crippen LogP contribution < -0.4 is 0 Å². The lowest BCUT2D eigenvalue weighted by Crippen LogP contribution is -2.58. The van der Waals surface area contributed by atoms with Crippen LogP contribution in [-0.2, 0) is 25.4 Å². The van der Waals surface area contributed by atoms with Crippen LogP contribution in [-0.4, -0.2) is 118 Å². The number of piperidine rings is 1. The van der Waals surface area contributed by atoms with E-state index in [0.717, 1.165) is 6.07 Å². The van der Waals surface area contributed by atoms with E-state index in [4.69, 9.17) is 14.2 Å². The van der Waals surface area contributed by atoms with Crippen molar-refractivity contribution in [1.29, 1.82) is 0 Å². The molecule has 1 unspecified atom stereocenters. The van der Waals surface area contributed by atoms with Crippen molar-refractivity contribution in [3.8, 4) is 5.69 Å². The number of rotatable bonds is 12. The van der Waals surface area contributed by atoms with Crippen molar-refractivity contribution in [1.82, 2.24) is 29.7 Å². The van der Waals surface area contributed by atoms with Gasteiger partial charge in [0.05, 0.1) is 24.8 Å². The van der Waals surface area contributed by atoms with Gasteiger partial charge in [-0.05, 0) is 64.5 Å². The number of unbranched alkanes of at least 4 members (excludes halogenated alkanes) is 1. The van der Waals surface area contributed by atoms with Crippen LogP contribution in [0.3, 0.4) is 0 Å². The first-order valence-electron chi connectivity index (χ1n) is 16.5. The average molecular weight is 665 g/mol. The second kappa shape index (κ2) is 16.3. The monoisotopic (exact) mass is 664 g/mol. The van der Waals surface area contributed by atoms with Gasteiger partial charge in [-0.15, -0.1) is 5.10 Å². The summed E-state index contributed by atoms with van der Waals surface area (Å²) in [5.41, 5.74) is -0.212. The van der Waals surface area contributed by atoms with Gasteiger partial charge in [-0.2, -0.15) is 0 Å². The number of hydrogen-bond donors (Lipinski definition) is 1. The minimum Gasteiger partial charge on any atom is -0.444 e. The van der Waals surface area contributed by atoms with Gasteiger partial charge in [-0.1, -0.05) is 25.1 Å². The van der Waals surface area contributed by atoms with E-state index in [0.29, 0.717) is 70.8 Å². The van der Waals surface area contributed by atoms with Gasteiger partial charge >= 0.3 is 6.09 Å². The maximum Gasteiger partial charge on any atom is 0.410 e. The van der Waals surface area contributed by atoms with Gasteiger partial charge in [0.25, 0.3) is 0 Å². The molecule has 47 heavy (non-hydrogen) atoms. The van der Waals surface area contributed by atoms with Crippen molar-refractivity contribution in [3.63, 3.8) is 0 Å². The fourth-order valence-corrected chi connectivity index (χ4v) is 6.17. The van der Waals surface area contributed by atoms with Crippen molar-refractivity contribution < 1.29 is 37.7 Å². The Balaban J connectivity index is 1.71. The smallest absolute Gasteiger partial charge is 0.410 e. The molecule has 3 heterocycles. The topological polar surface area (TPSA) is 122 Å². The molecular formula is C33H50F2N6O6. The fraction of sp³-hybridized carbons (Fsp3) is 0.697. The lowest BCUT2D eigenvalue weighted by molar-refractivity contribution is -0.144. The second-order valence-electron chi connectivity index (χ2n) is 13.7. The van der Waals surface area contributed by atoms with Crippen LogP contribution >= 0.6 is 0 Å². The molecule has 1 aromatic heterocycles. The Bertz CT molecular complexity index is 1350. The summed E-state index contributed by atoms with van der Waals surface area (Å²) in [5, 5.41) is 20.6. The van der Waals surface area contributed by atoms with Crippen LogP contribution in [0, 0.1) is 23.5 Å². The highest BCUT2D eigenvalue weighted by molar-refractivity contribution is 5.80. The van der Waals surface area contributed by atoms with E-state index in [1.807, 2.05) is 18.7 Å². The molecule has 12 nitrogen and oxygen atoms in total. The normalized spacial score (nSPS) is 19.8. The molecule has 2 aliphatic heterocycles. The van der Waals surface area contributed by atoms with Crippen LogP contribution in [0.1, 0.15) is 71.5 Å². The molecule has 14 heteroatoms. The number of nitrogens with zero attached hydrogens (tertiary/aromatic N) is 6. The van der Waals surface area contributed by atoms with Gasteiger partial charge in [0, 0.05) is 52.5 Å². The molecule has 262 valence electrons. The number of halogens is 2. The lowest BCUT2D eigenvalue weighted by atomic mass is 9.91. The summed E-state index contributed by atoms with van der Waals surface area (Å²) in [6.45, 7) is 12.5. The van der Waals surface area contributed by atoms with Crippen LogP contribution in [0.25, 0.3) is 5.69 Å². The summed E-state index contributed by atoms with van der Waals surface area (Å²) in [6.07, 6.45) is 0.205. The van der Waals surface area contributed by atoms with Gasteiger partial charge in [0.1, 0.15) is 17.0 Å². The Hall–Kier alpha value is -3.20. The first-order chi connectivity index (χ1) is 22.3. The maximum atomic E-state index is 15.0. The number of amides is 2. The van der Waals surface area contributed by atoms with E-state index < -0.39 is 41.5 Å². The SMILES string of the molecule is COCCCCc1c(C(O)N(CC(C)C)[C@H]2C[C@@H](C(=O)N3CCOCC3)CN(C(=O)OC(C)(C)C)C2)nnn1-c1cccc(F)c1F. The van der Waals surface area contributed by atoms with E-state index in [1.54, 1.807) is 37.7 Å². The molecule has 0 radical (unpaired) electrons. The molecule has 0 saturated carbocycles. The number of ether oxygens (including phenoxy) is 3. The molecule has 0 aliphatic carbocycles. The molecular weight excluding hydrogens is 614 g/mol. The fourth-order valence-electron chi connectivity index (χ4n) is 6.17. The van der Waals surface area contributed by atoms with Crippen LogP contribution in [0.5, 0.6) is 0 Å². The van der Waals surface area contributed by atoms with Crippen molar-refractivity contribution in [3.05, 3.63) is 41.2 Å². The van der Waals surface area contributed by atoms with Gasteiger partial charge in [0.2, 0.25) is 5.91 Å². The second-order valence-corrected chi connectivity index (χ2v) is 13.7. The zero-order chi connectivity index (χ0) is 34.3. The van der Waals surface area contributed by atoms with E-state index >= 15 is 4.39 Å². The average Bonchev–Trinajstić information content (AvgIpc) is 3.45. The summed E-state index contributed by atoms with van der Waals surface area (Å²) < 4.78 is 46.9. The standard InChI is InChI=1S/C33H50F2N6O6/c1-22(2)19-40(24-18-23(30(42)38-13-16-46-17-14-38)20-39(21-24)32(44)47-33(3,4)5)31(43)29-27(11-7-8-15-45-6)41(37-36-29)26-12-9-10-25(34)28(26)35/h9-10,12,22-24,31,43H,7-8,11,13-21H2,1-6H3/t23-,24+,31?/m1/s1. The number of carbonyl (C=O) groups is 2. The largest absolute Gasteiger partial charge is 0.444 e. The number of carbonyl (C=O) groups excluding carboxylic acids is 2. The highest BCUT2D eigenvalue weighted by atomic mass is 19.2. The zero-order valence-corrected chi connectivity index (χ0v) is 28.5. The van der Waals surface area contributed by atoms with Crippen LogP contribution in [0.4, 0.5) is 13.6 Å². The lowest BCUT2D eigenvalue weighted by Gasteiger charge is -2.45. The van der Waals surface area contributed by atoms with Gasteiger partial charge in [-0.3, -0.25) is 9.69 Å². The number of likely N-dealkylation sites (tertiary alicyclic amines) is 1. The Morgan fingerprint density at radius 1 is 1.13 bits per heavy atom. The molecule has 2 saturated heterocycles. The number of morpholine rings is 1. The Kier molecular flexibility index (Phi) is 12.7. The summed E-state index contributed by atoms with van der Waals surface area (Å²) in [4.78, 5) is 32.4. The Morgan fingerprint density at radius 3 is 2.51 bits per heavy atom. The minimum atomic E-state index is -1.32. The number of aromatic nitrogens is 3. The summed E-state index contributed by atoms with van der Waals surface area (Å²) in [6, 6.07) is 3.38. The van der Waals surface area contributed by atoms with E-state index in [1.165, 1.54) is 16.8 Å². The molecule has 2 amide bonds. The van der Waals surface area contributed by atoms with E-state index in [9.17, 15) is 19.1 Å². The highest BCUT2D eigenvalue weighted by Gasteiger charge is 2.42. The number of aliphatic hydroxyl groups excluding tert-OH is 1. The predicted molar refractivity (Wildman–Crippen MR) is 170 cm³/mol. The molecule has 0 spiro atoms.